The minimum Gasteiger partial charge on any atom is -0.352 e. The molecule has 2 aliphatic carbocycles. The number of aryl methyl sites for hydroxylation is 1. The van der Waals surface area contributed by atoms with Gasteiger partial charge in [-0.25, -0.2) is 8.42 Å². The third kappa shape index (κ3) is 4.28. The number of hydrogen-bond acceptors (Lipinski definition) is 3. The zero-order chi connectivity index (χ0) is 20.6. The third-order valence-corrected chi connectivity index (χ3v) is 8.14. The average Bonchev–Trinajstić information content (AvgIpc) is 3.30. The van der Waals surface area contributed by atoms with E-state index >= 15 is 0 Å². The van der Waals surface area contributed by atoms with Gasteiger partial charge in [-0.05, 0) is 74.4 Å². The van der Waals surface area contributed by atoms with Crippen LogP contribution in [0, 0.1) is 18.8 Å². The van der Waals surface area contributed by atoms with Crippen molar-refractivity contribution in [1.82, 2.24) is 5.32 Å². The van der Waals surface area contributed by atoms with Crippen molar-refractivity contribution in [1.29, 1.82) is 0 Å². The summed E-state index contributed by atoms with van der Waals surface area (Å²) in [7, 11) is -3.91. The van der Waals surface area contributed by atoms with Gasteiger partial charge in [0.2, 0.25) is 5.91 Å². The van der Waals surface area contributed by atoms with E-state index < -0.39 is 10.0 Å². The normalized spacial score (nSPS) is 23.2. The summed E-state index contributed by atoms with van der Waals surface area (Å²) in [5.74, 6) is 0.974. The summed E-state index contributed by atoms with van der Waals surface area (Å²) in [6.07, 6.45) is 4.58. The molecule has 2 aromatic rings. The van der Waals surface area contributed by atoms with Crippen LogP contribution in [0.1, 0.15) is 31.2 Å². The second kappa shape index (κ2) is 8.00. The number of carbonyl (C=O) groups excluding carboxylic acids is 1. The van der Waals surface area contributed by atoms with Crippen molar-refractivity contribution in [2.24, 2.45) is 11.8 Å². The Hall–Kier alpha value is -2.05. The SMILES string of the molecule is Cc1ccc(N(CC(=O)N[C@H]2C[C@H]3CC[C@@H]2C3)S(=O)(=O)c2ccc(Cl)cc2)cc1. The van der Waals surface area contributed by atoms with Gasteiger partial charge in [0, 0.05) is 11.1 Å². The Morgan fingerprint density at radius 3 is 2.34 bits per heavy atom. The number of anilines is 1. The molecule has 5 nitrogen and oxygen atoms in total. The highest BCUT2D eigenvalue weighted by Gasteiger charge is 2.40. The number of halogens is 1. The van der Waals surface area contributed by atoms with E-state index in [1.54, 1.807) is 12.1 Å². The topological polar surface area (TPSA) is 66.5 Å². The number of amides is 1. The summed E-state index contributed by atoms with van der Waals surface area (Å²) in [4.78, 5) is 12.9. The third-order valence-electron chi connectivity index (χ3n) is 6.10. The number of hydrogen-bond donors (Lipinski definition) is 1. The molecule has 0 unspecified atom stereocenters. The predicted molar refractivity (Wildman–Crippen MR) is 115 cm³/mol. The molecule has 2 saturated carbocycles. The molecule has 0 aromatic heterocycles. The summed E-state index contributed by atoms with van der Waals surface area (Å²) in [6.45, 7) is 1.69. The van der Waals surface area contributed by atoms with E-state index in [4.69, 9.17) is 11.6 Å². The summed E-state index contributed by atoms with van der Waals surface area (Å²) in [5, 5.41) is 3.55. The van der Waals surface area contributed by atoms with Gasteiger partial charge in [-0.15, -0.1) is 0 Å². The van der Waals surface area contributed by atoms with Crippen LogP contribution < -0.4 is 9.62 Å². The molecule has 3 atom stereocenters. The second-order valence-corrected chi connectivity index (χ2v) is 10.4. The summed E-state index contributed by atoms with van der Waals surface area (Å²) in [5.41, 5.74) is 1.48. The van der Waals surface area contributed by atoms with Gasteiger partial charge < -0.3 is 5.32 Å². The number of benzene rings is 2. The largest absolute Gasteiger partial charge is 0.352 e. The molecule has 7 heteroatoms. The Bertz CT molecular complexity index is 990. The molecule has 2 aliphatic rings. The first-order valence-corrected chi connectivity index (χ1v) is 11.8. The van der Waals surface area contributed by atoms with Crippen LogP contribution in [-0.2, 0) is 14.8 Å². The maximum atomic E-state index is 13.3. The molecule has 0 spiro atoms. The van der Waals surface area contributed by atoms with E-state index in [2.05, 4.69) is 5.32 Å². The van der Waals surface area contributed by atoms with E-state index in [1.807, 2.05) is 19.1 Å². The van der Waals surface area contributed by atoms with Crippen LogP contribution in [0.25, 0.3) is 0 Å². The quantitative estimate of drug-likeness (QED) is 0.745. The van der Waals surface area contributed by atoms with E-state index in [9.17, 15) is 13.2 Å². The smallest absolute Gasteiger partial charge is 0.264 e. The van der Waals surface area contributed by atoms with E-state index in [1.165, 1.54) is 41.4 Å². The highest BCUT2D eigenvalue weighted by molar-refractivity contribution is 7.92. The summed E-state index contributed by atoms with van der Waals surface area (Å²) in [6, 6.07) is 13.3. The van der Waals surface area contributed by atoms with Gasteiger partial charge in [0.05, 0.1) is 10.6 Å². The second-order valence-electron chi connectivity index (χ2n) is 8.15. The molecule has 4 rings (SSSR count). The first-order chi connectivity index (χ1) is 13.8. The van der Waals surface area contributed by atoms with E-state index in [0.717, 1.165) is 18.4 Å². The highest BCUT2D eigenvalue weighted by Crippen LogP contribution is 2.44. The zero-order valence-electron chi connectivity index (χ0n) is 16.3. The number of nitrogens with one attached hydrogen (secondary N) is 1. The Morgan fingerprint density at radius 2 is 1.76 bits per heavy atom. The van der Waals surface area contributed by atoms with Crippen LogP contribution in [-0.4, -0.2) is 26.9 Å². The number of sulfonamides is 1. The standard InChI is InChI=1S/C22H25ClN2O3S/c1-15-2-8-19(9-3-15)25(29(27,28)20-10-6-18(23)7-11-20)14-22(26)24-21-13-16-4-5-17(21)12-16/h2-3,6-11,16-17,21H,4-5,12-14H2,1H3,(H,24,26)/t16-,17+,21-/m0/s1. The number of fused-ring (bicyclic) bond motifs is 2. The molecular weight excluding hydrogens is 408 g/mol. The Balaban J connectivity index is 1.59. The van der Waals surface area contributed by atoms with Crippen LogP contribution >= 0.6 is 11.6 Å². The van der Waals surface area contributed by atoms with Crippen molar-refractivity contribution in [3.05, 3.63) is 59.1 Å². The molecule has 2 fully saturated rings. The lowest BCUT2D eigenvalue weighted by Gasteiger charge is -2.27. The first-order valence-electron chi connectivity index (χ1n) is 9.97. The molecule has 0 radical (unpaired) electrons. The fourth-order valence-electron chi connectivity index (χ4n) is 4.56. The minimum atomic E-state index is -3.91. The van der Waals surface area contributed by atoms with Crippen molar-refractivity contribution in [3.63, 3.8) is 0 Å². The Labute approximate surface area is 177 Å². The molecule has 0 heterocycles. The molecule has 1 amide bonds. The fourth-order valence-corrected chi connectivity index (χ4v) is 6.11. The van der Waals surface area contributed by atoms with Crippen molar-refractivity contribution < 1.29 is 13.2 Å². The first kappa shape index (κ1) is 20.2. The van der Waals surface area contributed by atoms with Gasteiger partial charge in [-0.1, -0.05) is 35.7 Å². The molecule has 0 aliphatic heterocycles. The number of nitrogens with zero attached hydrogens (tertiary/aromatic N) is 1. The molecule has 2 aromatic carbocycles. The maximum Gasteiger partial charge on any atom is 0.264 e. The summed E-state index contributed by atoms with van der Waals surface area (Å²) >= 11 is 5.91. The Morgan fingerprint density at radius 1 is 1.07 bits per heavy atom. The average molecular weight is 433 g/mol. The lowest BCUT2D eigenvalue weighted by molar-refractivity contribution is -0.120. The van der Waals surface area contributed by atoms with Crippen LogP contribution in [0.2, 0.25) is 5.02 Å². The Kier molecular flexibility index (Phi) is 5.58. The van der Waals surface area contributed by atoms with Gasteiger partial charge in [-0.3, -0.25) is 9.10 Å². The summed E-state index contributed by atoms with van der Waals surface area (Å²) < 4.78 is 27.8. The van der Waals surface area contributed by atoms with Gasteiger partial charge >= 0.3 is 0 Å². The monoisotopic (exact) mass is 432 g/mol. The molecule has 29 heavy (non-hydrogen) atoms. The molecule has 154 valence electrons. The van der Waals surface area contributed by atoms with Gasteiger partial charge in [-0.2, -0.15) is 0 Å². The van der Waals surface area contributed by atoms with Crippen molar-refractivity contribution in [2.75, 3.05) is 10.8 Å². The van der Waals surface area contributed by atoms with Crippen LogP contribution in [0.3, 0.4) is 0 Å². The molecule has 0 saturated heterocycles. The lowest BCUT2D eigenvalue weighted by Crippen LogP contribution is -2.46. The van der Waals surface area contributed by atoms with Crippen molar-refractivity contribution >= 4 is 33.2 Å². The predicted octanol–water partition coefficient (Wildman–Crippen LogP) is 4.15. The van der Waals surface area contributed by atoms with Gasteiger partial charge in [0.15, 0.2) is 0 Å². The molecule has 2 bridgehead atoms. The van der Waals surface area contributed by atoms with E-state index in [0.29, 0.717) is 22.5 Å². The minimum absolute atomic E-state index is 0.107. The number of carbonyl (C=O) groups is 1. The van der Waals surface area contributed by atoms with E-state index in [-0.39, 0.29) is 23.4 Å². The lowest BCUT2D eigenvalue weighted by atomic mass is 9.95. The van der Waals surface area contributed by atoms with Crippen molar-refractivity contribution in [2.45, 2.75) is 43.5 Å². The van der Waals surface area contributed by atoms with Crippen LogP contribution in [0.15, 0.2) is 53.4 Å². The fraction of sp³-hybridized carbons (Fsp3) is 0.409. The highest BCUT2D eigenvalue weighted by atomic mass is 35.5. The molecule has 1 N–H and O–H groups in total. The van der Waals surface area contributed by atoms with Gasteiger partial charge in [0.1, 0.15) is 6.54 Å². The van der Waals surface area contributed by atoms with Crippen LogP contribution in [0.5, 0.6) is 0 Å². The maximum absolute atomic E-state index is 13.3. The van der Waals surface area contributed by atoms with Crippen molar-refractivity contribution in [3.8, 4) is 0 Å². The zero-order valence-corrected chi connectivity index (χ0v) is 17.9. The van der Waals surface area contributed by atoms with Crippen LogP contribution in [0.4, 0.5) is 5.69 Å². The number of rotatable bonds is 6. The molecular formula is C22H25ClN2O3S. The van der Waals surface area contributed by atoms with Gasteiger partial charge in [0.25, 0.3) is 10.0 Å².